The van der Waals surface area contributed by atoms with Crippen LogP contribution in [0.2, 0.25) is 0 Å². The summed E-state index contributed by atoms with van der Waals surface area (Å²) in [5, 5.41) is 2.87. The molecule has 6 nitrogen and oxygen atoms in total. The number of rotatable bonds is 6. The van der Waals surface area contributed by atoms with E-state index in [0.717, 1.165) is 17.8 Å². The van der Waals surface area contributed by atoms with Crippen LogP contribution in [0.3, 0.4) is 0 Å². The van der Waals surface area contributed by atoms with Gasteiger partial charge in [-0.3, -0.25) is 9.36 Å². The molecule has 0 saturated heterocycles. The van der Waals surface area contributed by atoms with Crippen molar-refractivity contribution in [3.63, 3.8) is 0 Å². The predicted octanol–water partition coefficient (Wildman–Crippen LogP) is 1.26. The maximum atomic E-state index is 12.0. The first kappa shape index (κ1) is 15.2. The molecule has 0 aromatic carbocycles. The van der Waals surface area contributed by atoms with Crippen molar-refractivity contribution in [2.75, 3.05) is 0 Å². The van der Waals surface area contributed by atoms with Gasteiger partial charge in [0, 0.05) is 25.1 Å². The molecule has 0 fully saturated rings. The zero-order valence-corrected chi connectivity index (χ0v) is 12.4. The number of nitrogens with one attached hydrogen (secondary N) is 1. The lowest BCUT2D eigenvalue weighted by molar-refractivity contribution is -0.123. The average Bonchev–Trinajstić information content (AvgIpc) is 3.05. The Kier molecular flexibility index (Phi) is 5.05. The van der Waals surface area contributed by atoms with Crippen LogP contribution in [0.25, 0.3) is 5.82 Å². The maximum absolute atomic E-state index is 12.0. The first-order valence-corrected chi connectivity index (χ1v) is 7.08. The molecule has 0 bridgehead atoms. The number of pyridine rings is 1. The third-order valence-corrected chi connectivity index (χ3v) is 3.61. The second-order valence-corrected chi connectivity index (χ2v) is 5.12. The monoisotopic (exact) mass is 287 g/mol. The summed E-state index contributed by atoms with van der Waals surface area (Å²) >= 11 is 0. The number of carbonyl (C=O) groups excluding carboxylic acids is 1. The van der Waals surface area contributed by atoms with Crippen LogP contribution < -0.4 is 11.1 Å². The SMILES string of the molecule is CCC(C)C(N)C(=O)NCc1ccnc(-n2ccnc2)c1. The topological polar surface area (TPSA) is 85.8 Å². The molecule has 2 atom stereocenters. The van der Waals surface area contributed by atoms with Crippen LogP contribution in [-0.2, 0) is 11.3 Å². The number of hydrogen-bond acceptors (Lipinski definition) is 4. The number of nitrogens with two attached hydrogens (primary N) is 1. The number of nitrogens with zero attached hydrogens (tertiary/aromatic N) is 3. The van der Waals surface area contributed by atoms with E-state index in [1.807, 2.05) is 36.7 Å². The van der Waals surface area contributed by atoms with Gasteiger partial charge in [0.15, 0.2) is 0 Å². The van der Waals surface area contributed by atoms with Crippen molar-refractivity contribution in [3.8, 4) is 5.82 Å². The molecule has 0 aliphatic carbocycles. The molecule has 1 amide bonds. The Morgan fingerprint density at radius 1 is 1.48 bits per heavy atom. The molecule has 2 unspecified atom stereocenters. The van der Waals surface area contributed by atoms with Crippen molar-refractivity contribution in [2.24, 2.45) is 11.7 Å². The Morgan fingerprint density at radius 2 is 2.29 bits per heavy atom. The summed E-state index contributed by atoms with van der Waals surface area (Å²) in [7, 11) is 0. The normalized spacial score (nSPS) is 13.7. The summed E-state index contributed by atoms with van der Waals surface area (Å²) in [6.45, 7) is 4.44. The molecule has 0 spiro atoms. The highest BCUT2D eigenvalue weighted by Crippen LogP contribution is 2.08. The second-order valence-electron chi connectivity index (χ2n) is 5.12. The van der Waals surface area contributed by atoms with Gasteiger partial charge in [-0.2, -0.15) is 0 Å². The van der Waals surface area contributed by atoms with Gasteiger partial charge in [-0.1, -0.05) is 20.3 Å². The summed E-state index contributed by atoms with van der Waals surface area (Å²) < 4.78 is 1.82. The second kappa shape index (κ2) is 6.99. The van der Waals surface area contributed by atoms with Gasteiger partial charge in [-0.05, 0) is 23.6 Å². The van der Waals surface area contributed by atoms with E-state index >= 15 is 0 Å². The number of carbonyl (C=O) groups is 1. The zero-order chi connectivity index (χ0) is 15.2. The van der Waals surface area contributed by atoms with Crippen molar-refractivity contribution in [3.05, 3.63) is 42.6 Å². The van der Waals surface area contributed by atoms with Gasteiger partial charge in [0.2, 0.25) is 5.91 Å². The minimum Gasteiger partial charge on any atom is -0.351 e. The summed E-state index contributed by atoms with van der Waals surface area (Å²) in [5.41, 5.74) is 6.88. The Balaban J connectivity index is 1.98. The van der Waals surface area contributed by atoms with Crippen LogP contribution in [0.4, 0.5) is 0 Å². The van der Waals surface area contributed by atoms with E-state index in [0.29, 0.717) is 6.54 Å². The quantitative estimate of drug-likeness (QED) is 0.837. The molecule has 0 saturated carbocycles. The van der Waals surface area contributed by atoms with Crippen molar-refractivity contribution in [1.82, 2.24) is 19.9 Å². The molecule has 0 radical (unpaired) electrons. The molecule has 2 rings (SSSR count). The van der Waals surface area contributed by atoms with Gasteiger partial charge < -0.3 is 11.1 Å². The lowest BCUT2D eigenvalue weighted by atomic mass is 9.99. The zero-order valence-electron chi connectivity index (χ0n) is 12.4. The first-order valence-electron chi connectivity index (χ1n) is 7.08. The van der Waals surface area contributed by atoms with Gasteiger partial charge in [0.05, 0.1) is 6.04 Å². The summed E-state index contributed by atoms with van der Waals surface area (Å²) in [5.74, 6) is 0.819. The lowest BCUT2D eigenvalue weighted by Crippen LogP contribution is -2.44. The largest absolute Gasteiger partial charge is 0.351 e. The Hall–Kier alpha value is -2.21. The van der Waals surface area contributed by atoms with Gasteiger partial charge in [-0.15, -0.1) is 0 Å². The molecule has 112 valence electrons. The highest BCUT2D eigenvalue weighted by molar-refractivity contribution is 5.81. The van der Waals surface area contributed by atoms with Crippen LogP contribution in [0.5, 0.6) is 0 Å². The van der Waals surface area contributed by atoms with Crippen molar-refractivity contribution >= 4 is 5.91 Å². The van der Waals surface area contributed by atoms with Crippen LogP contribution in [0, 0.1) is 5.92 Å². The first-order chi connectivity index (χ1) is 10.1. The molecule has 6 heteroatoms. The molecule has 2 aromatic heterocycles. The molecule has 2 aromatic rings. The van der Waals surface area contributed by atoms with Crippen molar-refractivity contribution in [2.45, 2.75) is 32.9 Å². The van der Waals surface area contributed by atoms with E-state index in [9.17, 15) is 4.79 Å². The minimum absolute atomic E-state index is 0.120. The molecule has 0 aliphatic heterocycles. The van der Waals surface area contributed by atoms with E-state index in [1.54, 1.807) is 18.7 Å². The Bertz CT molecular complexity index is 582. The third kappa shape index (κ3) is 3.88. The molecule has 0 aliphatic rings. The van der Waals surface area contributed by atoms with Gasteiger partial charge in [0.1, 0.15) is 12.1 Å². The lowest BCUT2D eigenvalue weighted by Gasteiger charge is -2.17. The predicted molar refractivity (Wildman–Crippen MR) is 80.6 cm³/mol. The van der Waals surface area contributed by atoms with E-state index in [2.05, 4.69) is 15.3 Å². The van der Waals surface area contributed by atoms with Crippen molar-refractivity contribution in [1.29, 1.82) is 0 Å². The van der Waals surface area contributed by atoms with E-state index in [4.69, 9.17) is 5.73 Å². The minimum atomic E-state index is -0.468. The van der Waals surface area contributed by atoms with E-state index < -0.39 is 6.04 Å². The fraction of sp³-hybridized carbons (Fsp3) is 0.400. The highest BCUT2D eigenvalue weighted by atomic mass is 16.2. The standard InChI is InChI=1S/C15H21N5O/c1-3-11(2)14(16)15(21)19-9-12-4-5-18-13(8-12)20-7-6-17-10-20/h4-8,10-11,14H,3,9,16H2,1-2H3,(H,19,21). The fourth-order valence-electron chi connectivity index (χ4n) is 1.93. The third-order valence-electron chi connectivity index (χ3n) is 3.61. The molecular formula is C15H21N5O. The summed E-state index contributed by atoms with van der Waals surface area (Å²) in [6.07, 6.45) is 7.80. The van der Waals surface area contributed by atoms with Crippen LogP contribution in [0.15, 0.2) is 37.1 Å². The maximum Gasteiger partial charge on any atom is 0.237 e. The Morgan fingerprint density at radius 3 is 2.95 bits per heavy atom. The number of imidazole rings is 1. The van der Waals surface area contributed by atoms with E-state index in [-0.39, 0.29) is 11.8 Å². The molecule has 21 heavy (non-hydrogen) atoms. The van der Waals surface area contributed by atoms with Crippen LogP contribution in [-0.4, -0.2) is 26.5 Å². The summed E-state index contributed by atoms with van der Waals surface area (Å²) in [6, 6.07) is 3.32. The highest BCUT2D eigenvalue weighted by Gasteiger charge is 2.18. The van der Waals surface area contributed by atoms with Crippen molar-refractivity contribution < 1.29 is 4.79 Å². The number of amides is 1. The summed E-state index contributed by atoms with van der Waals surface area (Å²) in [4.78, 5) is 20.2. The Labute approximate surface area is 124 Å². The average molecular weight is 287 g/mol. The van der Waals surface area contributed by atoms with Crippen LogP contribution >= 0.6 is 0 Å². The van der Waals surface area contributed by atoms with Crippen LogP contribution in [0.1, 0.15) is 25.8 Å². The van der Waals surface area contributed by atoms with E-state index in [1.165, 1.54) is 0 Å². The molecular weight excluding hydrogens is 266 g/mol. The number of hydrogen-bond donors (Lipinski definition) is 2. The fourth-order valence-corrected chi connectivity index (χ4v) is 1.93. The van der Waals surface area contributed by atoms with Gasteiger partial charge in [0.25, 0.3) is 0 Å². The number of aromatic nitrogens is 3. The van der Waals surface area contributed by atoms with Gasteiger partial charge in [-0.25, -0.2) is 9.97 Å². The molecule has 2 heterocycles. The smallest absolute Gasteiger partial charge is 0.237 e. The van der Waals surface area contributed by atoms with Gasteiger partial charge >= 0.3 is 0 Å². The molecule has 3 N–H and O–H groups in total.